The lowest BCUT2D eigenvalue weighted by atomic mass is 9.80. The molecule has 2 heterocycles. The predicted molar refractivity (Wildman–Crippen MR) is 128 cm³/mol. The summed E-state index contributed by atoms with van der Waals surface area (Å²) in [5.41, 5.74) is 0.287. The molecule has 1 aliphatic carbocycles. The number of halogens is 1. The van der Waals surface area contributed by atoms with Gasteiger partial charge in [-0.3, -0.25) is 9.89 Å². The lowest BCUT2D eigenvalue weighted by molar-refractivity contribution is -0.0352. The molecule has 2 N–H and O–H groups in total. The SMILES string of the molecule is CN=C(NCCCCN1CCCC1)NCC1(N2CCOCC2)CCCCC1.I. The minimum Gasteiger partial charge on any atom is -0.379 e. The first kappa shape index (κ1) is 24.2. The van der Waals surface area contributed by atoms with E-state index in [1.165, 1.54) is 77.4 Å². The second-order valence-electron chi connectivity index (χ2n) is 8.49. The van der Waals surface area contributed by atoms with Crippen molar-refractivity contribution in [2.75, 3.05) is 66.1 Å². The molecule has 0 spiro atoms. The lowest BCUT2D eigenvalue weighted by Crippen LogP contribution is -2.60. The molecule has 3 aliphatic rings. The number of nitrogens with zero attached hydrogens (tertiary/aromatic N) is 3. The second-order valence-corrected chi connectivity index (χ2v) is 8.49. The Morgan fingerprint density at radius 2 is 1.64 bits per heavy atom. The van der Waals surface area contributed by atoms with E-state index < -0.39 is 0 Å². The highest BCUT2D eigenvalue weighted by atomic mass is 127. The molecular weight excluding hydrogens is 465 g/mol. The summed E-state index contributed by atoms with van der Waals surface area (Å²) in [6.45, 7) is 9.79. The molecule has 28 heavy (non-hydrogen) atoms. The smallest absolute Gasteiger partial charge is 0.191 e. The second kappa shape index (κ2) is 13.2. The molecule has 0 radical (unpaired) electrons. The Kier molecular flexibility index (Phi) is 11.4. The molecule has 3 rings (SSSR count). The summed E-state index contributed by atoms with van der Waals surface area (Å²) in [5, 5.41) is 7.19. The Hall–Kier alpha value is -0.120. The molecule has 2 aliphatic heterocycles. The van der Waals surface area contributed by atoms with Crippen molar-refractivity contribution >= 4 is 29.9 Å². The van der Waals surface area contributed by atoms with E-state index in [9.17, 15) is 0 Å². The van der Waals surface area contributed by atoms with Gasteiger partial charge in [-0.05, 0) is 58.2 Å². The van der Waals surface area contributed by atoms with Crippen molar-refractivity contribution in [3.8, 4) is 0 Å². The molecule has 3 fully saturated rings. The minimum absolute atomic E-state index is 0. The van der Waals surface area contributed by atoms with Gasteiger partial charge in [0.05, 0.1) is 13.2 Å². The summed E-state index contributed by atoms with van der Waals surface area (Å²) in [6.07, 6.45) is 12.0. The molecule has 0 atom stereocenters. The maximum Gasteiger partial charge on any atom is 0.191 e. The van der Waals surface area contributed by atoms with Gasteiger partial charge < -0.3 is 20.3 Å². The molecular formula is C21H42IN5O. The van der Waals surface area contributed by atoms with Crippen LogP contribution in [0.25, 0.3) is 0 Å². The van der Waals surface area contributed by atoms with Crippen molar-refractivity contribution in [3.63, 3.8) is 0 Å². The molecule has 0 aromatic carbocycles. The van der Waals surface area contributed by atoms with Crippen LogP contribution in [0.3, 0.4) is 0 Å². The van der Waals surface area contributed by atoms with Crippen molar-refractivity contribution in [2.24, 2.45) is 4.99 Å². The van der Waals surface area contributed by atoms with Crippen LogP contribution < -0.4 is 10.6 Å². The summed E-state index contributed by atoms with van der Waals surface area (Å²) < 4.78 is 5.59. The zero-order chi connectivity index (χ0) is 18.8. The van der Waals surface area contributed by atoms with E-state index in [0.717, 1.165) is 45.4 Å². The number of rotatable bonds is 8. The number of aliphatic imine (C=N–C) groups is 1. The number of likely N-dealkylation sites (tertiary alicyclic amines) is 1. The van der Waals surface area contributed by atoms with Gasteiger partial charge in [0.25, 0.3) is 0 Å². The zero-order valence-electron chi connectivity index (χ0n) is 17.9. The summed E-state index contributed by atoms with van der Waals surface area (Å²) in [7, 11) is 1.89. The Morgan fingerprint density at radius 3 is 2.32 bits per heavy atom. The predicted octanol–water partition coefficient (Wildman–Crippen LogP) is 2.68. The van der Waals surface area contributed by atoms with Crippen molar-refractivity contribution < 1.29 is 4.74 Å². The topological polar surface area (TPSA) is 52.1 Å². The molecule has 0 aromatic rings. The molecule has 0 aromatic heterocycles. The lowest BCUT2D eigenvalue weighted by Gasteiger charge is -2.48. The van der Waals surface area contributed by atoms with Crippen molar-refractivity contribution in [1.29, 1.82) is 0 Å². The van der Waals surface area contributed by atoms with Crippen LogP contribution in [0.5, 0.6) is 0 Å². The van der Waals surface area contributed by atoms with Crippen LogP contribution in [-0.2, 0) is 4.74 Å². The number of ether oxygens (including phenoxy) is 1. The highest BCUT2D eigenvalue weighted by molar-refractivity contribution is 14.0. The first-order valence-electron chi connectivity index (χ1n) is 11.3. The summed E-state index contributed by atoms with van der Waals surface area (Å²) in [6, 6.07) is 0. The fourth-order valence-corrected chi connectivity index (χ4v) is 4.99. The van der Waals surface area contributed by atoms with Gasteiger partial charge in [-0.1, -0.05) is 19.3 Å². The van der Waals surface area contributed by atoms with Gasteiger partial charge in [0, 0.05) is 38.8 Å². The van der Waals surface area contributed by atoms with Crippen molar-refractivity contribution in [3.05, 3.63) is 0 Å². The number of hydrogen-bond acceptors (Lipinski definition) is 4. The molecule has 1 saturated carbocycles. The van der Waals surface area contributed by atoms with E-state index in [0.29, 0.717) is 0 Å². The van der Waals surface area contributed by atoms with E-state index in [1.807, 2.05) is 7.05 Å². The van der Waals surface area contributed by atoms with E-state index in [1.54, 1.807) is 0 Å². The average molecular weight is 508 g/mol. The van der Waals surface area contributed by atoms with Gasteiger partial charge in [-0.2, -0.15) is 0 Å². The Labute approximate surface area is 189 Å². The third-order valence-electron chi connectivity index (χ3n) is 6.67. The summed E-state index contributed by atoms with van der Waals surface area (Å²) in [5.74, 6) is 0.967. The number of nitrogens with one attached hydrogen (secondary N) is 2. The number of unbranched alkanes of at least 4 members (excludes halogenated alkanes) is 1. The largest absolute Gasteiger partial charge is 0.379 e. The molecule has 6 nitrogen and oxygen atoms in total. The molecule has 0 amide bonds. The van der Waals surface area contributed by atoms with E-state index in [-0.39, 0.29) is 29.5 Å². The normalized spacial score (nSPS) is 24.0. The quantitative estimate of drug-likeness (QED) is 0.229. The number of guanidine groups is 1. The molecule has 0 unspecified atom stereocenters. The molecule has 2 saturated heterocycles. The van der Waals surface area contributed by atoms with Crippen LogP contribution in [0, 0.1) is 0 Å². The Bertz CT molecular complexity index is 444. The maximum absolute atomic E-state index is 5.59. The van der Waals surface area contributed by atoms with E-state index >= 15 is 0 Å². The summed E-state index contributed by atoms with van der Waals surface area (Å²) >= 11 is 0. The number of hydrogen-bond donors (Lipinski definition) is 2. The fourth-order valence-electron chi connectivity index (χ4n) is 4.99. The van der Waals surface area contributed by atoms with E-state index in [2.05, 4.69) is 25.4 Å². The number of morpholine rings is 1. The van der Waals surface area contributed by atoms with Gasteiger partial charge in [0.1, 0.15) is 0 Å². The zero-order valence-corrected chi connectivity index (χ0v) is 20.2. The van der Waals surface area contributed by atoms with E-state index in [4.69, 9.17) is 4.74 Å². The third-order valence-corrected chi connectivity index (χ3v) is 6.67. The van der Waals surface area contributed by atoms with Gasteiger partial charge in [-0.25, -0.2) is 0 Å². The first-order valence-corrected chi connectivity index (χ1v) is 11.3. The average Bonchev–Trinajstić information content (AvgIpc) is 3.25. The Balaban J connectivity index is 0.00000280. The molecule has 164 valence electrons. The summed E-state index contributed by atoms with van der Waals surface area (Å²) in [4.78, 5) is 9.75. The van der Waals surface area contributed by atoms with Crippen molar-refractivity contribution in [2.45, 2.75) is 63.3 Å². The third kappa shape index (κ3) is 7.29. The van der Waals surface area contributed by atoms with Crippen LogP contribution in [0.4, 0.5) is 0 Å². The fraction of sp³-hybridized carbons (Fsp3) is 0.952. The highest BCUT2D eigenvalue weighted by Gasteiger charge is 2.38. The van der Waals surface area contributed by atoms with Gasteiger partial charge >= 0.3 is 0 Å². The Morgan fingerprint density at radius 1 is 0.929 bits per heavy atom. The van der Waals surface area contributed by atoms with Gasteiger partial charge in [-0.15, -0.1) is 24.0 Å². The van der Waals surface area contributed by atoms with Crippen LogP contribution in [-0.4, -0.2) is 87.4 Å². The van der Waals surface area contributed by atoms with Gasteiger partial charge in [0.15, 0.2) is 5.96 Å². The standard InChI is InChI=1S/C21H41N5O.HI/c1-22-20(23-11-5-6-12-25-13-7-8-14-25)24-19-21(9-3-2-4-10-21)26-15-17-27-18-16-26;/h2-19H2,1H3,(H2,22,23,24);1H. The van der Waals surface area contributed by atoms with Crippen LogP contribution in [0.2, 0.25) is 0 Å². The highest BCUT2D eigenvalue weighted by Crippen LogP contribution is 2.33. The molecule has 7 heteroatoms. The minimum atomic E-state index is 0. The molecule has 0 bridgehead atoms. The maximum atomic E-state index is 5.59. The van der Waals surface area contributed by atoms with Crippen LogP contribution in [0.1, 0.15) is 57.8 Å². The first-order chi connectivity index (χ1) is 13.3. The monoisotopic (exact) mass is 507 g/mol. The van der Waals surface area contributed by atoms with Crippen LogP contribution >= 0.6 is 24.0 Å². The van der Waals surface area contributed by atoms with Gasteiger partial charge in [0.2, 0.25) is 0 Å². The van der Waals surface area contributed by atoms with Crippen molar-refractivity contribution in [1.82, 2.24) is 20.4 Å². The van der Waals surface area contributed by atoms with Crippen LogP contribution in [0.15, 0.2) is 4.99 Å².